The van der Waals surface area contributed by atoms with Crippen LogP contribution in [0.1, 0.15) is 28.9 Å². The van der Waals surface area contributed by atoms with E-state index < -0.39 is 0 Å². The topological polar surface area (TPSA) is 33.2 Å². The van der Waals surface area contributed by atoms with Gasteiger partial charge in [0.05, 0.1) is 11.9 Å². The number of hydrogen-bond acceptors (Lipinski definition) is 3. The summed E-state index contributed by atoms with van der Waals surface area (Å²) in [5.74, 6) is 0. The molecule has 0 spiro atoms. The van der Waals surface area contributed by atoms with E-state index in [1.54, 1.807) is 12.3 Å². The average Bonchev–Trinajstić information content (AvgIpc) is 3.31. The van der Waals surface area contributed by atoms with Crippen LogP contribution >= 0.6 is 11.6 Å². The Morgan fingerprint density at radius 1 is 1.20 bits per heavy atom. The molecule has 1 aliphatic carbocycles. The Morgan fingerprint density at radius 2 is 1.95 bits per heavy atom. The molecule has 3 nitrogen and oxygen atoms in total. The van der Waals surface area contributed by atoms with E-state index >= 15 is 0 Å². The molecular weight excluding hydrogens is 272 g/mol. The molecule has 0 amide bonds. The Kier molecular flexibility index (Phi) is 3.70. The third-order valence-corrected chi connectivity index (χ3v) is 3.73. The highest BCUT2D eigenvalue weighted by Gasteiger charge is 2.29. The molecule has 1 saturated carbocycles. The minimum absolute atomic E-state index is 0.469. The van der Waals surface area contributed by atoms with E-state index in [9.17, 15) is 4.79 Å². The summed E-state index contributed by atoms with van der Waals surface area (Å²) in [5, 5.41) is 0.753. The van der Waals surface area contributed by atoms with Crippen LogP contribution in [0.4, 0.5) is 5.69 Å². The fourth-order valence-corrected chi connectivity index (χ4v) is 2.37. The number of halogens is 1. The van der Waals surface area contributed by atoms with E-state index in [1.165, 1.54) is 18.4 Å². The first-order valence-electron chi connectivity index (χ1n) is 6.68. The number of nitrogens with zero attached hydrogens (tertiary/aromatic N) is 2. The molecular formula is C16H15ClN2O. The predicted octanol–water partition coefficient (Wildman–Crippen LogP) is 3.72. The lowest BCUT2D eigenvalue weighted by molar-refractivity contribution is 0.111. The van der Waals surface area contributed by atoms with Gasteiger partial charge in [-0.25, -0.2) is 0 Å². The number of hydrogen-bond donors (Lipinski definition) is 0. The quantitative estimate of drug-likeness (QED) is 0.786. The summed E-state index contributed by atoms with van der Waals surface area (Å²) in [7, 11) is 0. The molecule has 1 fully saturated rings. The molecule has 1 heterocycles. The monoisotopic (exact) mass is 286 g/mol. The summed E-state index contributed by atoms with van der Waals surface area (Å²) in [5.41, 5.74) is 2.75. The van der Waals surface area contributed by atoms with E-state index in [-0.39, 0.29) is 0 Å². The molecule has 2 aromatic rings. The second-order valence-corrected chi connectivity index (χ2v) is 5.48. The lowest BCUT2D eigenvalue weighted by atomic mass is 10.2. The van der Waals surface area contributed by atoms with Crippen LogP contribution in [0.2, 0.25) is 5.02 Å². The van der Waals surface area contributed by atoms with Gasteiger partial charge >= 0.3 is 0 Å². The first kappa shape index (κ1) is 13.1. The third-order valence-electron chi connectivity index (χ3n) is 3.48. The fourth-order valence-electron chi connectivity index (χ4n) is 2.24. The first-order chi connectivity index (χ1) is 9.76. The molecule has 0 N–H and O–H groups in total. The first-order valence-corrected chi connectivity index (χ1v) is 7.06. The van der Waals surface area contributed by atoms with Crippen LogP contribution in [0.3, 0.4) is 0 Å². The van der Waals surface area contributed by atoms with Crippen molar-refractivity contribution < 1.29 is 4.79 Å². The normalized spacial score (nSPS) is 14.1. The number of rotatable bonds is 5. The van der Waals surface area contributed by atoms with Crippen LogP contribution in [-0.4, -0.2) is 17.3 Å². The molecule has 20 heavy (non-hydrogen) atoms. The van der Waals surface area contributed by atoms with Crippen molar-refractivity contribution in [2.75, 3.05) is 4.90 Å². The van der Waals surface area contributed by atoms with Gasteiger partial charge in [0, 0.05) is 17.6 Å². The maximum absolute atomic E-state index is 10.7. The lowest BCUT2D eigenvalue weighted by Gasteiger charge is -2.24. The van der Waals surface area contributed by atoms with Crippen molar-refractivity contribution >= 4 is 23.6 Å². The van der Waals surface area contributed by atoms with Crippen LogP contribution in [0.5, 0.6) is 0 Å². The Balaban J connectivity index is 1.81. The number of carbonyl (C=O) groups excluding carboxylic acids is 1. The third kappa shape index (κ3) is 2.99. The molecule has 0 saturated heterocycles. The van der Waals surface area contributed by atoms with Gasteiger partial charge in [-0.05, 0) is 42.7 Å². The summed E-state index contributed by atoms with van der Waals surface area (Å²) >= 11 is 5.92. The minimum atomic E-state index is 0.469. The largest absolute Gasteiger partial charge is 0.363 e. The second-order valence-electron chi connectivity index (χ2n) is 5.04. The molecule has 1 aliphatic rings. The van der Waals surface area contributed by atoms with Gasteiger partial charge in [0.15, 0.2) is 6.29 Å². The number of aromatic nitrogens is 1. The Bertz CT molecular complexity index is 591. The zero-order chi connectivity index (χ0) is 13.9. The molecule has 0 unspecified atom stereocenters. The molecule has 4 heteroatoms. The predicted molar refractivity (Wildman–Crippen MR) is 80.3 cm³/mol. The molecule has 0 bridgehead atoms. The van der Waals surface area contributed by atoms with Crippen LogP contribution in [-0.2, 0) is 6.54 Å². The Hall–Kier alpha value is -1.87. The second kappa shape index (κ2) is 5.63. The van der Waals surface area contributed by atoms with Crippen molar-refractivity contribution in [3.63, 3.8) is 0 Å². The number of pyridine rings is 1. The lowest BCUT2D eigenvalue weighted by Crippen LogP contribution is -2.25. The van der Waals surface area contributed by atoms with Crippen LogP contribution in [0.15, 0.2) is 42.6 Å². The SMILES string of the molecule is O=Cc1ccc(N(Cc2ccc(Cl)cc2)C2CC2)cn1. The van der Waals surface area contributed by atoms with Gasteiger partial charge in [0.25, 0.3) is 0 Å². The van der Waals surface area contributed by atoms with E-state index in [0.717, 1.165) is 23.5 Å². The molecule has 3 rings (SSSR count). The Labute approximate surface area is 123 Å². The summed E-state index contributed by atoms with van der Waals surface area (Å²) in [6.45, 7) is 0.837. The van der Waals surface area contributed by atoms with Gasteiger partial charge < -0.3 is 4.90 Å². The van der Waals surface area contributed by atoms with E-state index in [4.69, 9.17) is 11.6 Å². The molecule has 1 aromatic carbocycles. The van der Waals surface area contributed by atoms with Crippen molar-refractivity contribution in [1.82, 2.24) is 4.98 Å². The zero-order valence-corrected chi connectivity index (χ0v) is 11.8. The van der Waals surface area contributed by atoms with Crippen LogP contribution in [0.25, 0.3) is 0 Å². The smallest absolute Gasteiger partial charge is 0.168 e. The number of anilines is 1. The van der Waals surface area contributed by atoms with Gasteiger partial charge in [-0.15, -0.1) is 0 Å². The van der Waals surface area contributed by atoms with Gasteiger partial charge in [0.2, 0.25) is 0 Å². The average molecular weight is 287 g/mol. The van der Waals surface area contributed by atoms with Gasteiger partial charge in [-0.3, -0.25) is 9.78 Å². The summed E-state index contributed by atoms with van der Waals surface area (Å²) < 4.78 is 0. The summed E-state index contributed by atoms with van der Waals surface area (Å²) in [4.78, 5) is 17.2. The molecule has 102 valence electrons. The van der Waals surface area contributed by atoms with Crippen molar-refractivity contribution in [3.05, 3.63) is 58.9 Å². The van der Waals surface area contributed by atoms with Gasteiger partial charge in [-0.2, -0.15) is 0 Å². The maximum atomic E-state index is 10.7. The summed E-state index contributed by atoms with van der Waals surface area (Å²) in [6.07, 6.45) is 4.97. The molecule has 1 aromatic heterocycles. The van der Waals surface area contributed by atoms with Crippen molar-refractivity contribution in [3.8, 4) is 0 Å². The van der Waals surface area contributed by atoms with E-state index in [1.807, 2.05) is 30.3 Å². The van der Waals surface area contributed by atoms with Gasteiger partial charge in [0.1, 0.15) is 5.69 Å². The van der Waals surface area contributed by atoms with Crippen molar-refractivity contribution in [2.24, 2.45) is 0 Å². The molecule has 0 aliphatic heterocycles. The highest BCUT2D eigenvalue weighted by atomic mass is 35.5. The fraction of sp³-hybridized carbons (Fsp3) is 0.250. The highest BCUT2D eigenvalue weighted by Crippen LogP contribution is 2.32. The van der Waals surface area contributed by atoms with E-state index in [2.05, 4.69) is 9.88 Å². The minimum Gasteiger partial charge on any atom is -0.363 e. The van der Waals surface area contributed by atoms with Crippen molar-refractivity contribution in [1.29, 1.82) is 0 Å². The number of benzene rings is 1. The number of aldehydes is 1. The summed E-state index contributed by atoms with van der Waals surface area (Å²) in [6, 6.07) is 12.2. The highest BCUT2D eigenvalue weighted by molar-refractivity contribution is 6.30. The molecule has 0 atom stereocenters. The number of carbonyl (C=O) groups is 1. The van der Waals surface area contributed by atoms with Gasteiger partial charge in [-0.1, -0.05) is 23.7 Å². The standard InChI is InChI=1S/C16H15ClN2O/c17-13-3-1-12(2-4-13)10-19(15-7-8-15)16-6-5-14(11-20)18-9-16/h1-6,9,11,15H,7-8,10H2. The van der Waals surface area contributed by atoms with Crippen molar-refractivity contribution in [2.45, 2.75) is 25.4 Å². The zero-order valence-electron chi connectivity index (χ0n) is 11.0. The van der Waals surface area contributed by atoms with Crippen LogP contribution in [0, 0.1) is 0 Å². The molecule has 0 radical (unpaired) electrons. The van der Waals surface area contributed by atoms with Crippen LogP contribution < -0.4 is 4.90 Å². The van der Waals surface area contributed by atoms with E-state index in [0.29, 0.717) is 11.7 Å². The maximum Gasteiger partial charge on any atom is 0.168 e. The Morgan fingerprint density at radius 3 is 2.50 bits per heavy atom.